The molecule has 100 valence electrons. The van der Waals surface area contributed by atoms with E-state index in [4.69, 9.17) is 14.6 Å². The first-order chi connectivity index (χ1) is 9.20. The van der Waals surface area contributed by atoms with Crippen LogP contribution >= 0.6 is 0 Å². The summed E-state index contributed by atoms with van der Waals surface area (Å²) in [6.07, 6.45) is 0.615. The molecule has 0 bridgehead atoms. The zero-order valence-corrected chi connectivity index (χ0v) is 10.6. The van der Waals surface area contributed by atoms with Crippen molar-refractivity contribution in [3.63, 3.8) is 0 Å². The van der Waals surface area contributed by atoms with E-state index >= 15 is 0 Å². The summed E-state index contributed by atoms with van der Waals surface area (Å²) in [6, 6.07) is 9.47. The molecule has 1 aromatic heterocycles. The number of rotatable bonds is 6. The Bertz CT molecular complexity index is 570. The van der Waals surface area contributed by atoms with Gasteiger partial charge in [0.25, 0.3) is 0 Å². The molecule has 1 aromatic carbocycles. The molecule has 0 amide bonds. The molecule has 1 unspecified atom stereocenters. The van der Waals surface area contributed by atoms with Gasteiger partial charge in [0, 0.05) is 12.0 Å². The van der Waals surface area contributed by atoms with Crippen LogP contribution in [0.2, 0.25) is 0 Å². The lowest BCUT2D eigenvalue weighted by Gasteiger charge is -2.13. The number of hydrogen-bond acceptors (Lipinski definition) is 4. The number of hydrogen-bond donors (Lipinski definition) is 1. The Morgan fingerprint density at radius 3 is 2.95 bits per heavy atom. The Morgan fingerprint density at radius 2 is 2.21 bits per heavy atom. The van der Waals surface area contributed by atoms with Crippen LogP contribution < -0.4 is 4.74 Å². The van der Waals surface area contributed by atoms with Crippen LogP contribution in [0.1, 0.15) is 6.92 Å². The number of nitrogens with zero attached hydrogens (tertiary/aromatic N) is 1. The normalized spacial score (nSPS) is 12.3. The lowest BCUT2D eigenvalue weighted by Crippen LogP contribution is -2.30. The number of ether oxygens (including phenoxy) is 2. The van der Waals surface area contributed by atoms with Crippen molar-refractivity contribution in [2.75, 3.05) is 13.2 Å². The quantitative estimate of drug-likeness (QED) is 0.862. The van der Waals surface area contributed by atoms with E-state index in [2.05, 4.69) is 4.98 Å². The zero-order chi connectivity index (χ0) is 13.7. The summed E-state index contributed by atoms with van der Waals surface area (Å²) in [5.74, 6) is -0.500. The van der Waals surface area contributed by atoms with Crippen molar-refractivity contribution in [1.82, 2.24) is 4.98 Å². The van der Waals surface area contributed by atoms with Crippen LogP contribution in [0.15, 0.2) is 36.5 Å². The first-order valence-corrected chi connectivity index (χ1v) is 6.02. The molecular formula is C14H15NO4. The monoisotopic (exact) mass is 261 g/mol. The van der Waals surface area contributed by atoms with Crippen LogP contribution in [0.25, 0.3) is 10.9 Å². The summed E-state index contributed by atoms with van der Waals surface area (Å²) in [7, 11) is 0. The topological polar surface area (TPSA) is 68.7 Å². The Hall–Kier alpha value is -2.14. The van der Waals surface area contributed by atoms with Crippen molar-refractivity contribution in [2.45, 2.75) is 13.0 Å². The molecule has 0 fully saturated rings. The van der Waals surface area contributed by atoms with E-state index in [9.17, 15) is 4.79 Å². The number of carboxylic acid groups (broad SMARTS) is 1. The number of para-hydroxylation sites is 1. The number of aromatic nitrogens is 1. The van der Waals surface area contributed by atoms with Gasteiger partial charge in [0.15, 0.2) is 6.10 Å². The number of benzene rings is 1. The predicted octanol–water partition coefficient (Wildman–Crippen LogP) is 2.10. The highest BCUT2D eigenvalue weighted by Crippen LogP contribution is 2.18. The van der Waals surface area contributed by atoms with Crippen LogP contribution in [0.3, 0.4) is 0 Å². The fourth-order valence-electron chi connectivity index (χ4n) is 1.69. The minimum absolute atomic E-state index is 0.0385. The number of aliphatic carboxylic acids is 1. The van der Waals surface area contributed by atoms with Gasteiger partial charge in [-0.25, -0.2) is 4.79 Å². The first kappa shape index (κ1) is 13.3. The van der Waals surface area contributed by atoms with Crippen LogP contribution in [0, 0.1) is 0 Å². The minimum Gasteiger partial charge on any atom is -0.489 e. The summed E-state index contributed by atoms with van der Waals surface area (Å²) >= 11 is 0. The Balaban J connectivity index is 2.06. The number of carboxylic acids is 1. The predicted molar refractivity (Wildman–Crippen MR) is 70.3 cm³/mol. The van der Waals surface area contributed by atoms with Crippen LogP contribution in [0.4, 0.5) is 0 Å². The Morgan fingerprint density at radius 1 is 1.42 bits per heavy atom. The first-order valence-electron chi connectivity index (χ1n) is 6.02. The second-order valence-electron chi connectivity index (χ2n) is 3.96. The highest BCUT2D eigenvalue weighted by Gasteiger charge is 2.18. The molecule has 19 heavy (non-hydrogen) atoms. The van der Waals surface area contributed by atoms with Gasteiger partial charge in [0.1, 0.15) is 12.4 Å². The van der Waals surface area contributed by atoms with Crippen molar-refractivity contribution in [2.24, 2.45) is 0 Å². The summed E-state index contributed by atoms with van der Waals surface area (Å²) in [6.45, 7) is 2.03. The molecule has 5 heteroatoms. The molecule has 0 aliphatic heterocycles. The van der Waals surface area contributed by atoms with Crippen LogP contribution in [-0.2, 0) is 9.53 Å². The third-order valence-electron chi connectivity index (χ3n) is 2.61. The Kier molecular flexibility index (Phi) is 4.30. The fourth-order valence-corrected chi connectivity index (χ4v) is 1.69. The summed E-state index contributed by atoms with van der Waals surface area (Å²) in [4.78, 5) is 15.1. The summed E-state index contributed by atoms with van der Waals surface area (Å²) in [5.41, 5.74) is 0.870. The molecule has 5 nitrogen and oxygen atoms in total. The van der Waals surface area contributed by atoms with E-state index in [1.807, 2.05) is 30.3 Å². The molecule has 0 saturated carbocycles. The van der Waals surface area contributed by atoms with Gasteiger partial charge >= 0.3 is 5.97 Å². The standard InChI is InChI=1S/C14H15NO4/c1-2-18-13(14(16)17)9-19-11-7-10-5-3-4-6-12(10)15-8-11/h3-8,13H,2,9H2,1H3,(H,16,17). The van der Waals surface area contributed by atoms with Crippen molar-refractivity contribution in [3.05, 3.63) is 36.5 Å². The largest absolute Gasteiger partial charge is 0.489 e. The molecule has 0 radical (unpaired) electrons. The maximum Gasteiger partial charge on any atom is 0.336 e. The lowest BCUT2D eigenvalue weighted by atomic mass is 10.2. The van der Waals surface area contributed by atoms with E-state index in [1.54, 1.807) is 13.1 Å². The molecule has 0 spiro atoms. The van der Waals surface area contributed by atoms with Gasteiger partial charge in [-0.2, -0.15) is 0 Å². The SMILES string of the molecule is CCOC(COc1cnc2ccccc2c1)C(=O)O. The number of carbonyl (C=O) groups is 1. The molecule has 0 saturated heterocycles. The average molecular weight is 261 g/mol. The molecule has 1 N–H and O–H groups in total. The molecule has 0 aliphatic rings. The fraction of sp³-hybridized carbons (Fsp3) is 0.286. The number of fused-ring (bicyclic) bond motifs is 1. The Labute approximate surface area is 110 Å². The van der Waals surface area contributed by atoms with Gasteiger partial charge in [0.05, 0.1) is 11.7 Å². The lowest BCUT2D eigenvalue weighted by molar-refractivity contribution is -0.152. The van der Waals surface area contributed by atoms with Crippen LogP contribution in [-0.4, -0.2) is 35.4 Å². The van der Waals surface area contributed by atoms with Gasteiger partial charge in [-0.05, 0) is 19.1 Å². The van der Waals surface area contributed by atoms with E-state index in [0.29, 0.717) is 12.4 Å². The summed E-state index contributed by atoms with van der Waals surface area (Å²) < 4.78 is 10.5. The van der Waals surface area contributed by atoms with E-state index in [1.165, 1.54) is 0 Å². The second kappa shape index (κ2) is 6.15. The molecule has 1 heterocycles. The smallest absolute Gasteiger partial charge is 0.336 e. The van der Waals surface area contributed by atoms with E-state index in [0.717, 1.165) is 10.9 Å². The van der Waals surface area contributed by atoms with E-state index < -0.39 is 12.1 Å². The molecule has 2 aromatic rings. The zero-order valence-electron chi connectivity index (χ0n) is 10.6. The molecule has 1 atom stereocenters. The number of pyridine rings is 1. The molecule has 0 aliphatic carbocycles. The van der Waals surface area contributed by atoms with Crippen molar-refractivity contribution in [1.29, 1.82) is 0 Å². The van der Waals surface area contributed by atoms with Crippen LogP contribution in [0.5, 0.6) is 5.75 Å². The third kappa shape index (κ3) is 3.42. The average Bonchev–Trinajstić information content (AvgIpc) is 2.43. The maximum absolute atomic E-state index is 10.9. The van der Waals surface area contributed by atoms with E-state index in [-0.39, 0.29) is 6.61 Å². The molecule has 2 rings (SSSR count). The highest BCUT2D eigenvalue weighted by molar-refractivity contribution is 5.79. The minimum atomic E-state index is -1.03. The summed E-state index contributed by atoms with van der Waals surface area (Å²) in [5, 5.41) is 9.88. The third-order valence-corrected chi connectivity index (χ3v) is 2.61. The van der Waals surface area contributed by atoms with Gasteiger partial charge in [-0.15, -0.1) is 0 Å². The molecular weight excluding hydrogens is 246 g/mol. The van der Waals surface area contributed by atoms with Gasteiger partial charge in [-0.3, -0.25) is 4.98 Å². The van der Waals surface area contributed by atoms with Gasteiger partial charge in [-0.1, -0.05) is 18.2 Å². The highest BCUT2D eigenvalue weighted by atomic mass is 16.5. The van der Waals surface area contributed by atoms with Gasteiger partial charge < -0.3 is 14.6 Å². The van der Waals surface area contributed by atoms with Crippen molar-refractivity contribution < 1.29 is 19.4 Å². The van der Waals surface area contributed by atoms with Crippen molar-refractivity contribution >= 4 is 16.9 Å². The maximum atomic E-state index is 10.9. The second-order valence-corrected chi connectivity index (χ2v) is 3.96. The van der Waals surface area contributed by atoms with Gasteiger partial charge in [0.2, 0.25) is 0 Å². The van der Waals surface area contributed by atoms with Crippen molar-refractivity contribution in [3.8, 4) is 5.75 Å².